The van der Waals surface area contributed by atoms with Crippen LogP contribution in [0.5, 0.6) is 0 Å². The fourth-order valence-electron chi connectivity index (χ4n) is 3.91. The lowest BCUT2D eigenvalue weighted by Gasteiger charge is -2.44. The van der Waals surface area contributed by atoms with E-state index < -0.39 is 9.84 Å². The summed E-state index contributed by atoms with van der Waals surface area (Å²) in [6, 6.07) is 0. The van der Waals surface area contributed by atoms with Crippen LogP contribution in [0.2, 0.25) is 0 Å². The largest absolute Gasteiger partial charge is 0.296 e. The molecule has 0 atom stereocenters. The average molecular weight is 360 g/mol. The Morgan fingerprint density at radius 1 is 0.750 bits per heavy atom. The lowest BCUT2D eigenvalue weighted by Crippen LogP contribution is -2.53. The van der Waals surface area contributed by atoms with E-state index in [1.165, 1.54) is 77.0 Å². The fraction of sp³-hybridized carbons (Fsp3) is 1.00. The third-order valence-electron chi connectivity index (χ3n) is 5.75. The summed E-state index contributed by atoms with van der Waals surface area (Å²) in [5.41, 5.74) is 0.203. The van der Waals surface area contributed by atoms with E-state index in [-0.39, 0.29) is 5.54 Å². The van der Waals surface area contributed by atoms with E-state index in [4.69, 9.17) is 0 Å². The molecular weight excluding hydrogens is 318 g/mol. The zero-order valence-corrected chi connectivity index (χ0v) is 17.3. The van der Waals surface area contributed by atoms with Gasteiger partial charge in [0.1, 0.15) is 0 Å². The van der Waals surface area contributed by atoms with E-state index in [0.29, 0.717) is 11.5 Å². The second-order valence-electron chi connectivity index (χ2n) is 7.96. The van der Waals surface area contributed by atoms with Gasteiger partial charge in [-0.25, -0.2) is 8.42 Å². The summed E-state index contributed by atoms with van der Waals surface area (Å²) in [6.45, 7) is 8.39. The Balaban J connectivity index is 2.50. The number of sulfone groups is 1. The molecule has 3 nitrogen and oxygen atoms in total. The second kappa shape index (κ2) is 11.5. The third-order valence-corrected chi connectivity index (χ3v) is 7.35. The third kappa shape index (κ3) is 8.33. The molecule has 0 bridgehead atoms. The number of hydrogen-bond acceptors (Lipinski definition) is 3. The minimum atomic E-state index is -2.78. The van der Waals surface area contributed by atoms with Gasteiger partial charge in [-0.15, -0.1) is 0 Å². The van der Waals surface area contributed by atoms with Gasteiger partial charge in [0.2, 0.25) is 0 Å². The molecule has 0 spiro atoms. The molecule has 0 aliphatic carbocycles. The van der Waals surface area contributed by atoms with Crippen LogP contribution in [-0.4, -0.2) is 43.5 Å². The highest BCUT2D eigenvalue weighted by Gasteiger charge is 2.34. The van der Waals surface area contributed by atoms with E-state index in [0.717, 1.165) is 13.1 Å². The van der Waals surface area contributed by atoms with Crippen LogP contribution in [0.3, 0.4) is 0 Å². The molecule has 1 rings (SSSR count). The Bertz CT molecular complexity index is 391. The molecule has 0 unspecified atom stereocenters. The lowest BCUT2D eigenvalue weighted by atomic mass is 9.86. The van der Waals surface area contributed by atoms with Gasteiger partial charge in [-0.2, -0.15) is 0 Å². The van der Waals surface area contributed by atoms with Crippen LogP contribution in [0.1, 0.15) is 97.8 Å². The summed E-state index contributed by atoms with van der Waals surface area (Å²) in [7, 11) is -2.78. The maximum atomic E-state index is 11.8. The Morgan fingerprint density at radius 3 is 1.58 bits per heavy atom. The normalized spacial score (nSPS) is 18.8. The maximum absolute atomic E-state index is 11.8. The predicted octanol–water partition coefficient (Wildman–Crippen LogP) is 5.20. The van der Waals surface area contributed by atoms with Gasteiger partial charge in [-0.05, 0) is 19.8 Å². The summed E-state index contributed by atoms with van der Waals surface area (Å²) in [5, 5.41) is 0. The smallest absolute Gasteiger partial charge is 0.152 e. The molecule has 4 heteroatoms. The average Bonchev–Trinajstić information content (AvgIpc) is 2.54. The van der Waals surface area contributed by atoms with Gasteiger partial charge in [0.05, 0.1) is 11.5 Å². The highest BCUT2D eigenvalue weighted by molar-refractivity contribution is 7.91. The zero-order chi connectivity index (χ0) is 17.9. The van der Waals surface area contributed by atoms with Crippen molar-refractivity contribution in [3.05, 3.63) is 0 Å². The van der Waals surface area contributed by atoms with E-state index in [2.05, 4.69) is 25.7 Å². The topological polar surface area (TPSA) is 37.4 Å². The number of nitrogens with zero attached hydrogens (tertiary/aromatic N) is 1. The summed E-state index contributed by atoms with van der Waals surface area (Å²) >= 11 is 0. The first-order valence-electron chi connectivity index (χ1n) is 10.4. The molecule has 1 aliphatic rings. The second-order valence-corrected chi connectivity index (χ2v) is 10.3. The Hall–Kier alpha value is -0.0900. The predicted molar refractivity (Wildman–Crippen MR) is 105 cm³/mol. The minimum absolute atomic E-state index is 0.203. The van der Waals surface area contributed by atoms with Crippen molar-refractivity contribution < 1.29 is 8.42 Å². The molecule has 1 fully saturated rings. The Kier molecular flexibility index (Phi) is 10.5. The number of rotatable bonds is 13. The molecule has 144 valence electrons. The van der Waals surface area contributed by atoms with Crippen molar-refractivity contribution in [3.63, 3.8) is 0 Å². The lowest BCUT2D eigenvalue weighted by molar-refractivity contribution is 0.0892. The molecular formula is C20H41NO2S. The number of unbranched alkanes of at least 4 members (excludes halogenated alkanes) is 8. The zero-order valence-electron chi connectivity index (χ0n) is 16.5. The van der Waals surface area contributed by atoms with Crippen LogP contribution in [0.15, 0.2) is 0 Å². The van der Waals surface area contributed by atoms with Crippen LogP contribution in [0.4, 0.5) is 0 Å². The van der Waals surface area contributed by atoms with Crippen molar-refractivity contribution in [2.24, 2.45) is 0 Å². The molecule has 0 aromatic heterocycles. The SMILES string of the molecule is CCCCCCCC(C)(CCCCCCC)N1CCS(=O)(=O)CC1. The first-order valence-corrected chi connectivity index (χ1v) is 12.2. The van der Waals surface area contributed by atoms with Gasteiger partial charge in [-0.3, -0.25) is 4.90 Å². The van der Waals surface area contributed by atoms with Crippen molar-refractivity contribution in [1.29, 1.82) is 0 Å². The highest BCUT2D eigenvalue weighted by atomic mass is 32.2. The van der Waals surface area contributed by atoms with Crippen molar-refractivity contribution in [1.82, 2.24) is 4.90 Å². The van der Waals surface area contributed by atoms with Gasteiger partial charge < -0.3 is 0 Å². The van der Waals surface area contributed by atoms with Crippen molar-refractivity contribution >= 4 is 9.84 Å². The van der Waals surface area contributed by atoms with Gasteiger partial charge in [0.15, 0.2) is 9.84 Å². The van der Waals surface area contributed by atoms with Gasteiger partial charge in [0.25, 0.3) is 0 Å². The first-order chi connectivity index (χ1) is 11.4. The molecule has 0 aromatic carbocycles. The van der Waals surface area contributed by atoms with Crippen LogP contribution < -0.4 is 0 Å². The van der Waals surface area contributed by atoms with E-state index in [1.807, 2.05) is 0 Å². The maximum Gasteiger partial charge on any atom is 0.152 e. The highest BCUT2D eigenvalue weighted by Crippen LogP contribution is 2.30. The van der Waals surface area contributed by atoms with Crippen LogP contribution in [-0.2, 0) is 9.84 Å². The summed E-state index contributed by atoms with van der Waals surface area (Å²) in [6.07, 6.45) is 15.6. The van der Waals surface area contributed by atoms with Crippen LogP contribution in [0.25, 0.3) is 0 Å². The van der Waals surface area contributed by atoms with Gasteiger partial charge in [0, 0.05) is 18.6 Å². The molecule has 0 radical (unpaired) electrons. The fourth-order valence-corrected chi connectivity index (χ4v) is 5.11. The molecule has 1 saturated heterocycles. The van der Waals surface area contributed by atoms with E-state index in [1.54, 1.807) is 0 Å². The van der Waals surface area contributed by atoms with Gasteiger partial charge >= 0.3 is 0 Å². The van der Waals surface area contributed by atoms with Crippen LogP contribution in [0, 0.1) is 0 Å². The Labute approximate surface area is 151 Å². The monoisotopic (exact) mass is 359 g/mol. The molecule has 0 N–H and O–H groups in total. The van der Waals surface area contributed by atoms with Crippen molar-refractivity contribution in [3.8, 4) is 0 Å². The molecule has 0 aromatic rings. The summed E-state index contributed by atoms with van der Waals surface area (Å²) < 4.78 is 23.5. The molecule has 1 aliphatic heterocycles. The standard InChI is InChI=1S/C20H41NO2S/c1-4-6-8-10-12-14-20(3,15-13-11-9-7-5-2)21-16-18-24(22,23)19-17-21/h4-19H2,1-3H3. The molecule has 24 heavy (non-hydrogen) atoms. The molecule has 0 saturated carbocycles. The Morgan fingerprint density at radius 2 is 1.17 bits per heavy atom. The van der Waals surface area contributed by atoms with Crippen molar-refractivity contribution in [2.75, 3.05) is 24.6 Å². The first kappa shape index (κ1) is 22.0. The molecule has 0 amide bonds. The van der Waals surface area contributed by atoms with E-state index >= 15 is 0 Å². The summed E-state index contributed by atoms with van der Waals surface area (Å²) in [5.74, 6) is 0.711. The number of hydrogen-bond donors (Lipinski definition) is 0. The summed E-state index contributed by atoms with van der Waals surface area (Å²) in [4.78, 5) is 2.49. The van der Waals surface area contributed by atoms with Crippen molar-refractivity contribution in [2.45, 2.75) is 103 Å². The van der Waals surface area contributed by atoms with Gasteiger partial charge in [-0.1, -0.05) is 78.1 Å². The van der Waals surface area contributed by atoms with E-state index in [9.17, 15) is 8.42 Å². The molecule has 1 heterocycles. The minimum Gasteiger partial charge on any atom is -0.296 e. The van der Waals surface area contributed by atoms with Crippen LogP contribution >= 0.6 is 0 Å². The quantitative estimate of drug-likeness (QED) is 0.424.